The zero-order valence-electron chi connectivity index (χ0n) is 11.3. The molecule has 0 aromatic heterocycles. The van der Waals surface area contributed by atoms with E-state index < -0.39 is 12.1 Å². The fraction of sp³-hybridized carbons (Fsp3) is 0.429. The van der Waals surface area contributed by atoms with Gasteiger partial charge in [-0.3, -0.25) is 9.59 Å². The number of aliphatic hydroxyl groups is 1. The highest BCUT2D eigenvalue weighted by Gasteiger charge is 2.17. The fourth-order valence-electron chi connectivity index (χ4n) is 1.30. The second-order valence-corrected chi connectivity index (χ2v) is 5.40. The first kappa shape index (κ1) is 15.7. The van der Waals surface area contributed by atoms with Crippen LogP contribution >= 0.6 is 11.8 Å². The highest BCUT2D eigenvalue weighted by Crippen LogP contribution is 2.25. The molecule has 0 aliphatic rings. The standard InChI is InChI=1S/C14H18O4S/c1-9(10(2)15)8-19-14(17)12-6-4-5-7-13(12)18-11(3)16/h4-7,9-10,15H,8H2,1-3H3. The van der Waals surface area contributed by atoms with Gasteiger partial charge in [0.25, 0.3) is 0 Å². The predicted molar refractivity (Wildman–Crippen MR) is 75.4 cm³/mol. The second kappa shape index (κ2) is 7.31. The molecule has 0 radical (unpaired) electrons. The van der Waals surface area contributed by atoms with E-state index in [1.807, 2.05) is 6.92 Å². The van der Waals surface area contributed by atoms with E-state index in [1.165, 1.54) is 6.92 Å². The van der Waals surface area contributed by atoms with Gasteiger partial charge in [0.2, 0.25) is 5.12 Å². The van der Waals surface area contributed by atoms with E-state index >= 15 is 0 Å². The van der Waals surface area contributed by atoms with Gasteiger partial charge in [0.1, 0.15) is 5.75 Å². The van der Waals surface area contributed by atoms with E-state index in [9.17, 15) is 14.7 Å². The van der Waals surface area contributed by atoms with Crippen LogP contribution in [-0.2, 0) is 4.79 Å². The molecular weight excluding hydrogens is 264 g/mol. The maximum Gasteiger partial charge on any atom is 0.308 e. The molecule has 0 heterocycles. The third kappa shape index (κ3) is 5.04. The summed E-state index contributed by atoms with van der Waals surface area (Å²) < 4.78 is 5.00. The number of para-hydroxylation sites is 1. The molecule has 0 bridgehead atoms. The summed E-state index contributed by atoms with van der Waals surface area (Å²) in [7, 11) is 0. The van der Waals surface area contributed by atoms with Crippen molar-refractivity contribution in [2.45, 2.75) is 26.9 Å². The number of hydrogen-bond donors (Lipinski definition) is 1. The number of thioether (sulfide) groups is 1. The van der Waals surface area contributed by atoms with Crippen LogP contribution in [0.1, 0.15) is 31.1 Å². The van der Waals surface area contributed by atoms with Crippen molar-refractivity contribution in [3.05, 3.63) is 29.8 Å². The van der Waals surface area contributed by atoms with Gasteiger partial charge in [-0.1, -0.05) is 30.8 Å². The van der Waals surface area contributed by atoms with Crippen LogP contribution in [0.3, 0.4) is 0 Å². The zero-order valence-corrected chi connectivity index (χ0v) is 12.1. The van der Waals surface area contributed by atoms with Crippen molar-refractivity contribution in [1.82, 2.24) is 0 Å². The third-order valence-corrected chi connectivity index (χ3v) is 3.84. The average Bonchev–Trinajstić information content (AvgIpc) is 2.35. The molecule has 19 heavy (non-hydrogen) atoms. The Morgan fingerprint density at radius 2 is 1.95 bits per heavy atom. The van der Waals surface area contributed by atoms with Gasteiger partial charge >= 0.3 is 5.97 Å². The van der Waals surface area contributed by atoms with Gasteiger partial charge in [-0.25, -0.2) is 0 Å². The molecule has 104 valence electrons. The van der Waals surface area contributed by atoms with E-state index in [0.717, 1.165) is 11.8 Å². The highest BCUT2D eigenvalue weighted by molar-refractivity contribution is 8.14. The molecule has 0 spiro atoms. The molecule has 0 aliphatic heterocycles. The van der Waals surface area contributed by atoms with Crippen molar-refractivity contribution in [3.63, 3.8) is 0 Å². The smallest absolute Gasteiger partial charge is 0.308 e. The molecule has 2 atom stereocenters. The molecule has 1 N–H and O–H groups in total. The van der Waals surface area contributed by atoms with E-state index in [-0.39, 0.29) is 16.8 Å². The average molecular weight is 282 g/mol. The maximum atomic E-state index is 12.1. The summed E-state index contributed by atoms with van der Waals surface area (Å²) in [6, 6.07) is 6.64. The molecule has 0 aliphatic carbocycles. The quantitative estimate of drug-likeness (QED) is 0.664. The second-order valence-electron chi connectivity index (χ2n) is 4.41. The molecule has 1 rings (SSSR count). The van der Waals surface area contributed by atoms with E-state index in [2.05, 4.69) is 0 Å². The summed E-state index contributed by atoms with van der Waals surface area (Å²) in [5.41, 5.74) is 0.375. The number of hydrogen-bond acceptors (Lipinski definition) is 5. The molecule has 0 fully saturated rings. The number of ether oxygens (including phenoxy) is 1. The SMILES string of the molecule is CC(=O)Oc1ccccc1C(=O)SCC(C)C(C)O. The van der Waals surface area contributed by atoms with Crippen molar-refractivity contribution in [1.29, 1.82) is 0 Å². The third-order valence-electron chi connectivity index (χ3n) is 2.66. The number of rotatable bonds is 5. The summed E-state index contributed by atoms with van der Waals surface area (Å²) in [5, 5.41) is 9.22. The Hall–Kier alpha value is -1.33. The number of benzene rings is 1. The largest absolute Gasteiger partial charge is 0.426 e. The molecular formula is C14H18O4S. The molecule has 0 amide bonds. The first-order chi connectivity index (χ1) is 8.91. The lowest BCUT2D eigenvalue weighted by atomic mass is 10.1. The Labute approximate surface area is 117 Å². The Morgan fingerprint density at radius 1 is 1.32 bits per heavy atom. The lowest BCUT2D eigenvalue weighted by molar-refractivity contribution is -0.131. The van der Waals surface area contributed by atoms with Gasteiger partial charge in [-0.15, -0.1) is 0 Å². The lowest BCUT2D eigenvalue weighted by Gasteiger charge is -2.13. The van der Waals surface area contributed by atoms with Gasteiger partial charge in [0.15, 0.2) is 0 Å². The van der Waals surface area contributed by atoms with Crippen molar-refractivity contribution < 1.29 is 19.4 Å². The van der Waals surface area contributed by atoms with Crippen LogP contribution in [0.5, 0.6) is 5.75 Å². The van der Waals surface area contributed by atoms with Crippen LogP contribution in [-0.4, -0.2) is 28.0 Å². The minimum Gasteiger partial charge on any atom is -0.426 e. The monoisotopic (exact) mass is 282 g/mol. The van der Waals surface area contributed by atoms with Crippen molar-refractivity contribution in [2.24, 2.45) is 5.92 Å². The van der Waals surface area contributed by atoms with Gasteiger partial charge in [0, 0.05) is 12.7 Å². The maximum absolute atomic E-state index is 12.1. The summed E-state index contributed by atoms with van der Waals surface area (Å²) in [5.74, 6) is 0.361. The minimum atomic E-state index is -0.456. The summed E-state index contributed by atoms with van der Waals surface area (Å²) in [6.07, 6.45) is -0.455. The lowest BCUT2D eigenvalue weighted by Crippen LogP contribution is -2.16. The van der Waals surface area contributed by atoms with Crippen molar-refractivity contribution in [2.75, 3.05) is 5.75 Å². The van der Waals surface area contributed by atoms with Gasteiger partial charge in [-0.05, 0) is 25.0 Å². The van der Waals surface area contributed by atoms with Crippen LogP contribution < -0.4 is 4.74 Å². The summed E-state index contributed by atoms with van der Waals surface area (Å²) in [4.78, 5) is 23.0. The first-order valence-electron chi connectivity index (χ1n) is 6.04. The Bertz CT molecular complexity index is 457. The van der Waals surface area contributed by atoms with Crippen LogP contribution in [0.4, 0.5) is 0 Å². The minimum absolute atomic E-state index is 0.0230. The summed E-state index contributed by atoms with van der Waals surface area (Å²) >= 11 is 1.12. The normalized spacial score (nSPS) is 13.7. The summed E-state index contributed by atoms with van der Waals surface area (Å²) in [6.45, 7) is 4.87. The molecule has 4 nitrogen and oxygen atoms in total. The molecule has 1 aromatic rings. The van der Waals surface area contributed by atoms with Gasteiger partial charge in [0.05, 0.1) is 11.7 Å². The van der Waals surface area contributed by atoms with Crippen LogP contribution in [0.2, 0.25) is 0 Å². The first-order valence-corrected chi connectivity index (χ1v) is 7.03. The van der Waals surface area contributed by atoms with Gasteiger partial charge in [-0.2, -0.15) is 0 Å². The van der Waals surface area contributed by atoms with Crippen molar-refractivity contribution >= 4 is 22.8 Å². The Morgan fingerprint density at radius 3 is 2.53 bits per heavy atom. The van der Waals surface area contributed by atoms with Crippen LogP contribution in [0.25, 0.3) is 0 Å². The van der Waals surface area contributed by atoms with Crippen LogP contribution in [0, 0.1) is 5.92 Å². The predicted octanol–water partition coefficient (Wildman–Crippen LogP) is 2.50. The fourth-order valence-corrected chi connectivity index (χ4v) is 2.32. The highest BCUT2D eigenvalue weighted by atomic mass is 32.2. The molecule has 5 heteroatoms. The van der Waals surface area contributed by atoms with Gasteiger partial charge < -0.3 is 9.84 Å². The van der Waals surface area contributed by atoms with E-state index in [4.69, 9.17) is 4.74 Å². The van der Waals surface area contributed by atoms with Crippen molar-refractivity contribution in [3.8, 4) is 5.75 Å². The number of esters is 1. The topological polar surface area (TPSA) is 63.6 Å². The molecule has 0 saturated heterocycles. The molecule has 2 unspecified atom stereocenters. The zero-order chi connectivity index (χ0) is 14.4. The number of carbonyl (C=O) groups excluding carboxylic acids is 2. The Balaban J connectivity index is 2.74. The number of aliphatic hydroxyl groups excluding tert-OH is 1. The van der Waals surface area contributed by atoms with E-state index in [1.54, 1.807) is 31.2 Å². The van der Waals surface area contributed by atoms with E-state index in [0.29, 0.717) is 11.3 Å². The Kier molecular flexibility index (Phi) is 6.05. The number of carbonyl (C=O) groups is 2. The molecule has 1 aromatic carbocycles. The molecule has 0 saturated carbocycles. The van der Waals surface area contributed by atoms with Crippen LogP contribution in [0.15, 0.2) is 24.3 Å².